The molecule has 102 valence electrons. The van der Waals surface area contributed by atoms with Gasteiger partial charge in [-0.1, -0.05) is 0 Å². The van der Waals surface area contributed by atoms with Gasteiger partial charge >= 0.3 is 0 Å². The highest BCUT2D eigenvalue weighted by atomic mass is 16.5. The van der Waals surface area contributed by atoms with Crippen LogP contribution in [-0.4, -0.2) is 48.0 Å². The number of ether oxygens (including phenoxy) is 2. The number of carbonyl (C=O) groups is 1. The molecule has 0 aliphatic carbocycles. The van der Waals surface area contributed by atoms with Crippen molar-refractivity contribution in [2.45, 2.75) is 13.1 Å². The van der Waals surface area contributed by atoms with Crippen molar-refractivity contribution < 1.29 is 14.3 Å². The van der Waals surface area contributed by atoms with Crippen molar-refractivity contribution in [2.75, 3.05) is 31.8 Å². The van der Waals surface area contributed by atoms with Gasteiger partial charge in [-0.3, -0.25) is 14.3 Å². The molecule has 0 radical (unpaired) electrons. The van der Waals surface area contributed by atoms with Crippen LogP contribution in [0.15, 0.2) is 17.1 Å². The average Bonchev–Trinajstić information content (AvgIpc) is 2.42. The first kappa shape index (κ1) is 12.0. The molecule has 2 aliphatic rings. The summed E-state index contributed by atoms with van der Waals surface area (Å²) >= 11 is 0. The summed E-state index contributed by atoms with van der Waals surface area (Å²) in [4.78, 5) is 26.0. The normalized spacial score (nSPS) is 21.4. The predicted molar refractivity (Wildman–Crippen MR) is 66.9 cm³/mol. The number of amides is 1. The highest BCUT2D eigenvalue weighted by molar-refractivity contribution is 5.96. The molecule has 7 nitrogen and oxygen atoms in total. The molecule has 0 saturated carbocycles. The Morgan fingerprint density at radius 2 is 2.37 bits per heavy atom. The number of nitrogens with one attached hydrogen (secondary N) is 1. The molecule has 1 atom stereocenters. The summed E-state index contributed by atoms with van der Waals surface area (Å²) in [5, 5.41) is 0. The van der Waals surface area contributed by atoms with Crippen molar-refractivity contribution in [2.24, 2.45) is 0 Å². The molecule has 0 spiro atoms. The minimum atomic E-state index is -0.282. The van der Waals surface area contributed by atoms with Crippen molar-refractivity contribution in [1.29, 1.82) is 0 Å². The SMILES string of the molecule is CCOc1c2n(ccc1=O)NC1COCCN1C2=O. The van der Waals surface area contributed by atoms with Gasteiger partial charge in [0.25, 0.3) is 5.91 Å². The van der Waals surface area contributed by atoms with Crippen LogP contribution in [0.4, 0.5) is 0 Å². The minimum absolute atomic E-state index is 0.104. The van der Waals surface area contributed by atoms with E-state index in [0.717, 1.165) is 0 Å². The zero-order chi connectivity index (χ0) is 13.4. The van der Waals surface area contributed by atoms with E-state index in [0.29, 0.717) is 26.4 Å². The van der Waals surface area contributed by atoms with E-state index in [9.17, 15) is 9.59 Å². The molecule has 1 saturated heterocycles. The predicted octanol–water partition coefficient (Wildman–Crippen LogP) is -0.397. The molecule has 1 aromatic heterocycles. The second-order valence-corrected chi connectivity index (χ2v) is 4.38. The number of rotatable bonds is 2. The molecule has 1 N–H and O–H groups in total. The van der Waals surface area contributed by atoms with Crippen LogP contribution < -0.4 is 15.6 Å². The Kier molecular flexibility index (Phi) is 2.90. The van der Waals surface area contributed by atoms with E-state index in [1.54, 1.807) is 22.7 Å². The van der Waals surface area contributed by atoms with E-state index in [1.807, 2.05) is 0 Å². The molecule has 0 bridgehead atoms. The lowest BCUT2D eigenvalue weighted by molar-refractivity contribution is -0.00321. The van der Waals surface area contributed by atoms with E-state index in [-0.39, 0.29) is 28.9 Å². The Balaban J connectivity index is 2.09. The molecular weight excluding hydrogens is 250 g/mol. The van der Waals surface area contributed by atoms with E-state index in [4.69, 9.17) is 9.47 Å². The van der Waals surface area contributed by atoms with Gasteiger partial charge < -0.3 is 19.8 Å². The maximum absolute atomic E-state index is 12.5. The number of morpholine rings is 1. The van der Waals surface area contributed by atoms with Crippen LogP contribution in [0.25, 0.3) is 0 Å². The number of pyridine rings is 1. The Hall–Kier alpha value is -2.02. The van der Waals surface area contributed by atoms with Crippen LogP contribution in [0.2, 0.25) is 0 Å². The largest absolute Gasteiger partial charge is 0.488 e. The van der Waals surface area contributed by atoms with Gasteiger partial charge in [0, 0.05) is 18.8 Å². The van der Waals surface area contributed by atoms with Gasteiger partial charge in [0.1, 0.15) is 6.17 Å². The number of hydrogen-bond donors (Lipinski definition) is 1. The van der Waals surface area contributed by atoms with Crippen LogP contribution in [0, 0.1) is 0 Å². The standard InChI is InChI=1S/C12H15N3O4/c1-2-19-11-8(16)3-4-15-10(11)12(17)14-5-6-18-7-9(14)13-15/h3-4,9,13H,2,5-7H2,1H3. The first-order valence-corrected chi connectivity index (χ1v) is 6.26. The molecule has 3 rings (SSSR count). The van der Waals surface area contributed by atoms with Crippen LogP contribution in [0.3, 0.4) is 0 Å². The molecule has 1 unspecified atom stereocenters. The first-order chi connectivity index (χ1) is 9.22. The summed E-state index contributed by atoms with van der Waals surface area (Å²) in [5.74, 6) is -0.0966. The summed E-state index contributed by atoms with van der Waals surface area (Å²) in [6.45, 7) is 3.56. The number of hydrogen-bond acceptors (Lipinski definition) is 5. The maximum Gasteiger partial charge on any atom is 0.278 e. The number of aromatic nitrogens is 1. The van der Waals surface area contributed by atoms with E-state index in [1.165, 1.54) is 6.07 Å². The van der Waals surface area contributed by atoms with Gasteiger partial charge in [-0.25, -0.2) is 0 Å². The molecule has 0 aromatic carbocycles. The summed E-state index contributed by atoms with van der Waals surface area (Å²) in [6.07, 6.45) is 1.34. The summed E-state index contributed by atoms with van der Waals surface area (Å²) in [5.41, 5.74) is 3.11. The Morgan fingerprint density at radius 3 is 3.16 bits per heavy atom. The third kappa shape index (κ3) is 1.86. The van der Waals surface area contributed by atoms with E-state index in [2.05, 4.69) is 5.43 Å². The quantitative estimate of drug-likeness (QED) is 0.788. The Bertz CT molecular complexity index is 569. The fourth-order valence-electron chi connectivity index (χ4n) is 2.36. The molecule has 1 amide bonds. The van der Waals surface area contributed by atoms with Crippen LogP contribution in [-0.2, 0) is 4.74 Å². The lowest BCUT2D eigenvalue weighted by atomic mass is 10.2. The topological polar surface area (TPSA) is 72.8 Å². The van der Waals surface area contributed by atoms with E-state index >= 15 is 0 Å². The van der Waals surface area contributed by atoms with Crippen molar-refractivity contribution >= 4 is 5.91 Å². The second kappa shape index (κ2) is 4.58. The first-order valence-electron chi connectivity index (χ1n) is 6.26. The average molecular weight is 265 g/mol. The van der Waals surface area contributed by atoms with Crippen molar-refractivity contribution in [3.63, 3.8) is 0 Å². The summed E-state index contributed by atoms with van der Waals surface area (Å²) < 4.78 is 12.2. The molecule has 7 heteroatoms. The molecular formula is C12H15N3O4. The third-order valence-corrected chi connectivity index (χ3v) is 3.22. The summed E-state index contributed by atoms with van der Waals surface area (Å²) in [7, 11) is 0. The lowest BCUT2D eigenvalue weighted by Gasteiger charge is -2.41. The maximum atomic E-state index is 12.5. The monoisotopic (exact) mass is 265 g/mol. The van der Waals surface area contributed by atoms with Crippen LogP contribution in [0.5, 0.6) is 5.75 Å². The smallest absolute Gasteiger partial charge is 0.278 e. The Morgan fingerprint density at radius 1 is 1.53 bits per heavy atom. The summed E-state index contributed by atoms with van der Waals surface area (Å²) in [6, 6.07) is 1.38. The Labute approximate surface area is 109 Å². The van der Waals surface area contributed by atoms with Crippen molar-refractivity contribution in [3.05, 3.63) is 28.2 Å². The highest BCUT2D eigenvalue weighted by Crippen LogP contribution is 2.22. The van der Waals surface area contributed by atoms with Gasteiger partial charge in [0.15, 0.2) is 11.4 Å². The second-order valence-electron chi connectivity index (χ2n) is 4.38. The van der Waals surface area contributed by atoms with Crippen molar-refractivity contribution in [1.82, 2.24) is 9.58 Å². The lowest BCUT2D eigenvalue weighted by Crippen LogP contribution is -2.59. The van der Waals surface area contributed by atoms with Gasteiger partial charge in [0.2, 0.25) is 5.43 Å². The zero-order valence-corrected chi connectivity index (χ0v) is 10.6. The third-order valence-electron chi connectivity index (χ3n) is 3.22. The molecule has 1 aromatic rings. The molecule has 3 heterocycles. The molecule has 19 heavy (non-hydrogen) atoms. The highest BCUT2D eigenvalue weighted by Gasteiger charge is 2.36. The van der Waals surface area contributed by atoms with E-state index < -0.39 is 0 Å². The van der Waals surface area contributed by atoms with Gasteiger partial charge in [-0.05, 0) is 6.92 Å². The number of carbonyl (C=O) groups excluding carboxylic acids is 1. The fourth-order valence-corrected chi connectivity index (χ4v) is 2.36. The zero-order valence-electron chi connectivity index (χ0n) is 10.6. The minimum Gasteiger partial charge on any atom is -0.488 e. The van der Waals surface area contributed by atoms with Gasteiger partial charge in [-0.15, -0.1) is 0 Å². The van der Waals surface area contributed by atoms with Crippen LogP contribution >= 0.6 is 0 Å². The number of nitrogens with zero attached hydrogens (tertiary/aromatic N) is 2. The molecule has 1 fully saturated rings. The molecule has 2 aliphatic heterocycles. The van der Waals surface area contributed by atoms with Gasteiger partial charge in [-0.2, -0.15) is 0 Å². The van der Waals surface area contributed by atoms with Crippen molar-refractivity contribution in [3.8, 4) is 5.75 Å². The number of fused-ring (bicyclic) bond motifs is 2. The van der Waals surface area contributed by atoms with Gasteiger partial charge in [0.05, 0.1) is 19.8 Å². The fraction of sp³-hybridized carbons (Fsp3) is 0.500. The van der Waals surface area contributed by atoms with Crippen LogP contribution in [0.1, 0.15) is 17.4 Å².